The van der Waals surface area contributed by atoms with Crippen LogP contribution in [0.4, 0.5) is 4.39 Å². The van der Waals surface area contributed by atoms with E-state index in [-0.39, 0.29) is 5.82 Å². The van der Waals surface area contributed by atoms with Gasteiger partial charge in [-0.3, -0.25) is 0 Å². The monoisotopic (exact) mass is 192 g/mol. The molecule has 0 saturated heterocycles. The summed E-state index contributed by atoms with van der Waals surface area (Å²) in [7, 11) is 0. The van der Waals surface area contributed by atoms with Gasteiger partial charge in [0, 0.05) is 10.9 Å². The van der Waals surface area contributed by atoms with Crippen molar-refractivity contribution in [1.29, 1.82) is 0 Å². The first kappa shape index (κ1) is 8.38. The van der Waals surface area contributed by atoms with Crippen LogP contribution in [0.1, 0.15) is 5.69 Å². The maximum absolute atomic E-state index is 12.8. The van der Waals surface area contributed by atoms with E-state index in [9.17, 15) is 4.39 Å². The molecule has 0 aliphatic rings. The second kappa shape index (κ2) is 3.26. The van der Waals surface area contributed by atoms with Crippen molar-refractivity contribution >= 4 is 11.3 Å². The summed E-state index contributed by atoms with van der Waals surface area (Å²) in [6, 6.07) is 6.40. The van der Waals surface area contributed by atoms with Crippen molar-refractivity contribution in [3.8, 4) is 10.6 Å². The molecule has 0 unspecified atom stereocenters. The Morgan fingerprint density at radius 1 is 1.38 bits per heavy atom. The smallest absolute Gasteiger partial charge is 0.123 e. The zero-order valence-corrected chi connectivity index (χ0v) is 7.64. The zero-order chi connectivity index (χ0) is 9.26. The van der Waals surface area contributed by atoms with Gasteiger partial charge in [0.15, 0.2) is 0 Å². The van der Waals surface area contributed by atoms with Crippen LogP contribution in [0.25, 0.3) is 10.6 Å². The number of aromatic nitrogens is 1. The van der Waals surface area contributed by atoms with Crippen LogP contribution in [-0.4, -0.2) is 4.98 Å². The number of hydrogen-bond acceptors (Lipinski definition) is 2. The van der Waals surface area contributed by atoms with Gasteiger partial charge in [-0.15, -0.1) is 11.3 Å². The first-order chi connectivity index (χ1) is 6.25. The van der Waals surface area contributed by atoms with E-state index in [1.165, 1.54) is 23.5 Å². The quantitative estimate of drug-likeness (QED) is 0.676. The van der Waals surface area contributed by atoms with Gasteiger partial charge in [0.25, 0.3) is 0 Å². The fraction of sp³-hybridized carbons (Fsp3) is 0. The van der Waals surface area contributed by atoms with Crippen LogP contribution in [0.5, 0.6) is 0 Å². The summed E-state index contributed by atoms with van der Waals surface area (Å²) in [5.41, 5.74) is 1.53. The normalized spacial score (nSPS) is 10.3. The van der Waals surface area contributed by atoms with Gasteiger partial charge in [0.2, 0.25) is 0 Å². The number of hydrogen-bond donors (Lipinski definition) is 0. The third kappa shape index (κ3) is 1.75. The summed E-state index contributed by atoms with van der Waals surface area (Å²) in [4.78, 5) is 4.16. The van der Waals surface area contributed by atoms with Crippen molar-refractivity contribution in [2.24, 2.45) is 0 Å². The molecular weight excluding hydrogens is 185 g/mol. The van der Waals surface area contributed by atoms with Gasteiger partial charge in [0.05, 0.1) is 5.69 Å². The van der Waals surface area contributed by atoms with Crippen LogP contribution in [0.2, 0.25) is 0 Å². The van der Waals surface area contributed by atoms with Crippen molar-refractivity contribution in [3.05, 3.63) is 48.1 Å². The molecule has 0 fully saturated rings. The number of thiazole rings is 1. The Hall–Kier alpha value is -1.22. The minimum Gasteiger partial charge on any atom is -0.241 e. The highest BCUT2D eigenvalue weighted by molar-refractivity contribution is 7.13. The van der Waals surface area contributed by atoms with Crippen molar-refractivity contribution in [2.45, 2.75) is 0 Å². The molecule has 0 aliphatic carbocycles. The molecule has 1 aromatic heterocycles. The third-order valence-electron chi connectivity index (χ3n) is 1.62. The average Bonchev–Trinajstić information content (AvgIpc) is 2.52. The Morgan fingerprint density at radius 3 is 2.85 bits per heavy atom. The lowest BCUT2D eigenvalue weighted by Crippen LogP contribution is -1.78. The molecule has 0 spiro atoms. The molecule has 0 N–H and O–H groups in total. The van der Waals surface area contributed by atoms with E-state index in [2.05, 4.69) is 11.9 Å². The molecule has 1 nitrogen and oxygen atoms in total. The minimum atomic E-state index is -0.238. The molecule has 0 aliphatic heterocycles. The maximum Gasteiger partial charge on any atom is 0.123 e. The van der Waals surface area contributed by atoms with E-state index >= 15 is 0 Å². The lowest BCUT2D eigenvalue weighted by molar-refractivity contribution is 0.628. The van der Waals surface area contributed by atoms with Gasteiger partial charge in [0.1, 0.15) is 10.8 Å². The van der Waals surface area contributed by atoms with Crippen LogP contribution < -0.4 is 0 Å². The summed E-state index contributed by atoms with van der Waals surface area (Å²) in [5, 5.41) is 2.66. The van der Waals surface area contributed by atoms with Crippen molar-refractivity contribution < 1.29 is 4.39 Å². The molecule has 0 saturated carbocycles. The first-order valence-electron chi connectivity index (χ1n) is 3.79. The van der Waals surface area contributed by atoms with Gasteiger partial charge in [-0.05, 0) is 19.1 Å². The summed E-state index contributed by atoms with van der Waals surface area (Å²) < 4.78 is 12.8. The predicted octanol–water partition coefficient (Wildman–Crippen LogP) is 3.13. The molecule has 1 radical (unpaired) electrons. The van der Waals surface area contributed by atoms with E-state index < -0.39 is 0 Å². The van der Waals surface area contributed by atoms with E-state index in [4.69, 9.17) is 0 Å². The largest absolute Gasteiger partial charge is 0.241 e. The van der Waals surface area contributed by atoms with Gasteiger partial charge in [-0.2, -0.15) is 0 Å². The molecule has 0 atom stereocenters. The SMILES string of the molecule is [CH2]c1csc(-c2cccc(F)c2)n1. The summed E-state index contributed by atoms with van der Waals surface area (Å²) in [6.07, 6.45) is 0. The van der Waals surface area contributed by atoms with Crippen molar-refractivity contribution in [2.75, 3.05) is 0 Å². The summed E-state index contributed by atoms with van der Waals surface area (Å²) in [6.45, 7) is 3.69. The molecule has 2 rings (SSSR count). The highest BCUT2D eigenvalue weighted by Gasteiger charge is 2.02. The standard InChI is InChI=1S/C10H7FNS/c1-7-6-13-10(12-7)8-3-2-4-9(11)5-8/h2-6H,1H2. The Bertz CT molecular complexity index is 422. The van der Waals surface area contributed by atoms with Crippen LogP contribution in [0.15, 0.2) is 29.6 Å². The summed E-state index contributed by atoms with van der Waals surface area (Å²) >= 11 is 1.47. The lowest BCUT2D eigenvalue weighted by Gasteiger charge is -1.94. The Morgan fingerprint density at radius 2 is 2.23 bits per heavy atom. The van der Waals surface area contributed by atoms with Gasteiger partial charge < -0.3 is 0 Å². The Labute approximate surface area is 79.9 Å². The number of nitrogens with zero attached hydrogens (tertiary/aromatic N) is 1. The molecule has 3 heteroatoms. The predicted molar refractivity (Wildman–Crippen MR) is 52.0 cm³/mol. The van der Waals surface area contributed by atoms with Crippen LogP contribution in [-0.2, 0) is 0 Å². The number of halogens is 1. The fourth-order valence-electron chi connectivity index (χ4n) is 1.06. The molecule has 0 amide bonds. The topological polar surface area (TPSA) is 12.9 Å². The fourth-order valence-corrected chi connectivity index (χ4v) is 1.79. The van der Waals surface area contributed by atoms with Crippen LogP contribution in [0.3, 0.4) is 0 Å². The second-order valence-corrected chi connectivity index (χ2v) is 3.51. The van der Waals surface area contributed by atoms with Crippen molar-refractivity contribution in [3.63, 3.8) is 0 Å². The first-order valence-corrected chi connectivity index (χ1v) is 4.67. The Kier molecular flexibility index (Phi) is 2.10. The third-order valence-corrected chi connectivity index (χ3v) is 2.56. The van der Waals surface area contributed by atoms with Gasteiger partial charge >= 0.3 is 0 Å². The lowest BCUT2D eigenvalue weighted by atomic mass is 10.2. The highest BCUT2D eigenvalue weighted by atomic mass is 32.1. The van der Waals surface area contributed by atoms with E-state index in [1.54, 1.807) is 6.07 Å². The summed E-state index contributed by atoms with van der Waals surface area (Å²) in [5.74, 6) is -0.238. The number of rotatable bonds is 1. The molecule has 13 heavy (non-hydrogen) atoms. The molecular formula is C10H7FNS. The molecule has 0 bridgehead atoms. The zero-order valence-electron chi connectivity index (χ0n) is 6.83. The molecule has 65 valence electrons. The number of benzene rings is 1. The minimum absolute atomic E-state index is 0.238. The van der Waals surface area contributed by atoms with Gasteiger partial charge in [-0.25, -0.2) is 9.37 Å². The second-order valence-electron chi connectivity index (χ2n) is 2.65. The van der Waals surface area contributed by atoms with Gasteiger partial charge in [-0.1, -0.05) is 12.1 Å². The van der Waals surface area contributed by atoms with E-state index in [0.29, 0.717) is 0 Å². The van der Waals surface area contributed by atoms with Crippen molar-refractivity contribution in [1.82, 2.24) is 4.98 Å². The van der Waals surface area contributed by atoms with E-state index in [0.717, 1.165) is 16.3 Å². The van der Waals surface area contributed by atoms with E-state index in [1.807, 2.05) is 11.4 Å². The average molecular weight is 192 g/mol. The molecule has 1 aromatic carbocycles. The molecule has 1 heterocycles. The van der Waals surface area contributed by atoms with Crippen LogP contribution in [0, 0.1) is 12.7 Å². The maximum atomic E-state index is 12.8. The Balaban J connectivity index is 2.46. The van der Waals surface area contributed by atoms with Crippen LogP contribution >= 0.6 is 11.3 Å². The molecule has 2 aromatic rings. The highest BCUT2D eigenvalue weighted by Crippen LogP contribution is 2.23.